The van der Waals surface area contributed by atoms with E-state index in [1.165, 1.54) is 7.11 Å². The Morgan fingerprint density at radius 3 is 2.21 bits per heavy atom. The molecule has 0 atom stereocenters. The van der Waals surface area contributed by atoms with Gasteiger partial charge in [0.25, 0.3) is 11.8 Å². The predicted octanol–water partition coefficient (Wildman–Crippen LogP) is 3.67. The van der Waals surface area contributed by atoms with Gasteiger partial charge in [-0.1, -0.05) is 0 Å². The maximum Gasteiger partial charge on any atom is 0.275 e. The molecule has 150 valence electrons. The highest BCUT2D eigenvalue weighted by Crippen LogP contribution is 2.29. The van der Waals surface area contributed by atoms with Gasteiger partial charge in [0, 0.05) is 17.0 Å². The van der Waals surface area contributed by atoms with Gasteiger partial charge >= 0.3 is 0 Å². The Labute approximate surface area is 171 Å². The third-order valence-electron chi connectivity index (χ3n) is 3.97. The molecule has 2 amide bonds. The largest absolute Gasteiger partial charge is 0.497 e. The molecule has 0 saturated heterocycles. The molecule has 0 radical (unpaired) electrons. The first-order valence-corrected chi connectivity index (χ1v) is 9.36. The molecule has 0 unspecified atom stereocenters. The molecule has 29 heavy (non-hydrogen) atoms. The van der Waals surface area contributed by atoms with E-state index in [1.54, 1.807) is 62.1 Å². The number of methoxy groups -OCH3 is 3. The second-order valence-electron chi connectivity index (χ2n) is 5.74. The number of hydrogen-bond donors (Lipinski definition) is 2. The monoisotopic (exact) mass is 413 g/mol. The van der Waals surface area contributed by atoms with Crippen LogP contribution in [0, 0.1) is 0 Å². The van der Waals surface area contributed by atoms with Crippen molar-refractivity contribution in [3.05, 3.63) is 59.1 Å². The average Bonchev–Trinajstić information content (AvgIpc) is 3.22. The number of amides is 2. The van der Waals surface area contributed by atoms with Crippen molar-refractivity contribution in [1.82, 2.24) is 4.98 Å². The minimum Gasteiger partial charge on any atom is -0.497 e. The number of nitrogens with one attached hydrogen (secondary N) is 2. The van der Waals surface area contributed by atoms with E-state index in [1.807, 2.05) is 0 Å². The summed E-state index contributed by atoms with van der Waals surface area (Å²) >= 11 is 1.16. The lowest BCUT2D eigenvalue weighted by Gasteiger charge is -2.10. The second-order valence-corrected chi connectivity index (χ2v) is 6.60. The quantitative estimate of drug-likeness (QED) is 0.613. The molecule has 0 fully saturated rings. The van der Waals surface area contributed by atoms with E-state index in [0.717, 1.165) is 11.3 Å². The molecular weight excluding hydrogens is 394 g/mol. The summed E-state index contributed by atoms with van der Waals surface area (Å²) in [6, 6.07) is 11.7. The van der Waals surface area contributed by atoms with E-state index in [0.29, 0.717) is 33.6 Å². The fourth-order valence-electron chi connectivity index (χ4n) is 2.44. The van der Waals surface area contributed by atoms with Gasteiger partial charge in [-0.25, -0.2) is 4.98 Å². The summed E-state index contributed by atoms with van der Waals surface area (Å²) < 4.78 is 15.5. The summed E-state index contributed by atoms with van der Waals surface area (Å²) in [6.45, 7) is 0. The van der Waals surface area contributed by atoms with Crippen LogP contribution in [0.2, 0.25) is 0 Å². The number of thiazole rings is 1. The Bertz CT molecular complexity index is 1020. The zero-order chi connectivity index (χ0) is 20.8. The smallest absolute Gasteiger partial charge is 0.275 e. The lowest BCUT2D eigenvalue weighted by atomic mass is 10.2. The number of benzene rings is 2. The van der Waals surface area contributed by atoms with Gasteiger partial charge in [-0.2, -0.15) is 0 Å². The number of nitrogens with zero attached hydrogens (tertiary/aromatic N) is 1. The number of aromatic nitrogens is 1. The lowest BCUT2D eigenvalue weighted by Crippen LogP contribution is -2.14. The minimum atomic E-state index is -0.422. The molecule has 0 spiro atoms. The zero-order valence-electron chi connectivity index (χ0n) is 16.0. The van der Waals surface area contributed by atoms with Crippen LogP contribution in [-0.2, 0) is 0 Å². The van der Waals surface area contributed by atoms with E-state index >= 15 is 0 Å². The van der Waals surface area contributed by atoms with E-state index in [4.69, 9.17) is 14.2 Å². The highest BCUT2D eigenvalue weighted by molar-refractivity contribution is 7.14. The summed E-state index contributed by atoms with van der Waals surface area (Å²) in [6.07, 6.45) is 0. The molecule has 2 aromatic carbocycles. The van der Waals surface area contributed by atoms with Crippen LogP contribution in [0.1, 0.15) is 20.8 Å². The van der Waals surface area contributed by atoms with Gasteiger partial charge in [0.1, 0.15) is 22.9 Å². The Morgan fingerprint density at radius 2 is 1.55 bits per heavy atom. The molecular formula is C20H19N3O5S. The molecule has 0 bridgehead atoms. The molecule has 9 heteroatoms. The molecule has 0 aliphatic rings. The number of carbonyl (C=O) groups excluding carboxylic acids is 2. The molecule has 0 saturated carbocycles. The van der Waals surface area contributed by atoms with Crippen molar-refractivity contribution in [3.8, 4) is 17.2 Å². The maximum atomic E-state index is 12.5. The molecule has 3 aromatic rings. The van der Waals surface area contributed by atoms with Crippen molar-refractivity contribution in [2.24, 2.45) is 0 Å². The Morgan fingerprint density at radius 1 is 0.862 bits per heavy atom. The third kappa shape index (κ3) is 4.82. The van der Waals surface area contributed by atoms with Gasteiger partial charge in [-0.05, 0) is 36.4 Å². The minimum absolute atomic E-state index is 0.179. The van der Waals surface area contributed by atoms with E-state index < -0.39 is 5.91 Å². The highest BCUT2D eigenvalue weighted by atomic mass is 32.1. The van der Waals surface area contributed by atoms with Gasteiger partial charge in [-0.15, -0.1) is 11.3 Å². The predicted molar refractivity (Wildman–Crippen MR) is 111 cm³/mol. The molecule has 3 rings (SSSR count). The maximum absolute atomic E-state index is 12.5. The number of ether oxygens (including phenoxy) is 3. The Kier molecular flexibility index (Phi) is 6.30. The standard InChI is InChI=1S/C20H19N3O5S/c1-26-13-6-4-12(5-7-13)18(24)23-20-22-16(11-29-20)19(25)21-15-9-8-14(27-2)10-17(15)28-3/h4-11H,1-3H3,(H,21,25)(H,22,23,24). The van der Waals surface area contributed by atoms with Crippen LogP contribution < -0.4 is 24.8 Å². The van der Waals surface area contributed by atoms with Crippen LogP contribution in [0.5, 0.6) is 17.2 Å². The molecule has 8 nitrogen and oxygen atoms in total. The molecule has 1 heterocycles. The van der Waals surface area contributed by atoms with Crippen LogP contribution in [0.15, 0.2) is 47.8 Å². The number of rotatable bonds is 7. The van der Waals surface area contributed by atoms with Gasteiger partial charge < -0.3 is 19.5 Å². The van der Waals surface area contributed by atoms with E-state index in [2.05, 4.69) is 15.6 Å². The summed E-state index contributed by atoms with van der Waals surface area (Å²) in [7, 11) is 4.60. The number of carbonyl (C=O) groups is 2. The lowest BCUT2D eigenvalue weighted by molar-refractivity contribution is 0.101. The second kappa shape index (κ2) is 9.07. The summed E-state index contributed by atoms with van der Waals surface area (Å²) in [5.74, 6) is 0.974. The molecule has 1 aromatic heterocycles. The van der Waals surface area contributed by atoms with Crippen molar-refractivity contribution >= 4 is 34.0 Å². The van der Waals surface area contributed by atoms with Gasteiger partial charge in [0.15, 0.2) is 5.13 Å². The fraction of sp³-hybridized carbons (Fsp3) is 0.150. The van der Waals surface area contributed by atoms with Crippen molar-refractivity contribution < 1.29 is 23.8 Å². The SMILES string of the molecule is COc1ccc(C(=O)Nc2nc(C(=O)Nc3ccc(OC)cc3OC)cs2)cc1. The average molecular weight is 413 g/mol. The number of anilines is 2. The summed E-state index contributed by atoms with van der Waals surface area (Å²) in [4.78, 5) is 29.0. The van der Waals surface area contributed by atoms with E-state index in [-0.39, 0.29) is 11.6 Å². The van der Waals surface area contributed by atoms with Crippen molar-refractivity contribution in [2.75, 3.05) is 32.0 Å². The first-order chi connectivity index (χ1) is 14.0. The van der Waals surface area contributed by atoms with Crippen molar-refractivity contribution in [3.63, 3.8) is 0 Å². The normalized spacial score (nSPS) is 10.2. The fourth-order valence-corrected chi connectivity index (χ4v) is 3.12. The summed E-state index contributed by atoms with van der Waals surface area (Å²) in [5.41, 5.74) is 1.11. The molecule has 0 aliphatic carbocycles. The van der Waals surface area contributed by atoms with Gasteiger partial charge in [-0.3, -0.25) is 14.9 Å². The third-order valence-corrected chi connectivity index (χ3v) is 4.72. The Balaban J connectivity index is 1.67. The van der Waals surface area contributed by atoms with Gasteiger partial charge in [0.05, 0.1) is 27.0 Å². The van der Waals surface area contributed by atoms with Crippen molar-refractivity contribution in [1.29, 1.82) is 0 Å². The first-order valence-electron chi connectivity index (χ1n) is 8.48. The van der Waals surface area contributed by atoms with Crippen LogP contribution in [0.3, 0.4) is 0 Å². The van der Waals surface area contributed by atoms with Gasteiger partial charge in [0.2, 0.25) is 0 Å². The Hall–Kier alpha value is -3.59. The van der Waals surface area contributed by atoms with Crippen LogP contribution in [-0.4, -0.2) is 38.1 Å². The summed E-state index contributed by atoms with van der Waals surface area (Å²) in [5, 5.41) is 7.30. The molecule has 0 aliphatic heterocycles. The first kappa shape index (κ1) is 20.2. The van der Waals surface area contributed by atoms with Crippen molar-refractivity contribution in [2.45, 2.75) is 0 Å². The number of hydrogen-bond acceptors (Lipinski definition) is 7. The topological polar surface area (TPSA) is 98.8 Å². The van der Waals surface area contributed by atoms with Crippen LogP contribution in [0.25, 0.3) is 0 Å². The van der Waals surface area contributed by atoms with Crippen LogP contribution >= 0.6 is 11.3 Å². The highest BCUT2D eigenvalue weighted by Gasteiger charge is 2.15. The molecule has 2 N–H and O–H groups in total. The zero-order valence-corrected chi connectivity index (χ0v) is 16.8. The van der Waals surface area contributed by atoms with Crippen LogP contribution in [0.4, 0.5) is 10.8 Å². The van der Waals surface area contributed by atoms with E-state index in [9.17, 15) is 9.59 Å².